The summed E-state index contributed by atoms with van der Waals surface area (Å²) < 4.78 is 0. The van der Waals surface area contributed by atoms with Gasteiger partial charge in [0.25, 0.3) is 0 Å². The molecule has 0 aliphatic heterocycles. The second kappa shape index (κ2) is 10.3. The minimum absolute atomic E-state index is 0.144. The van der Waals surface area contributed by atoms with E-state index in [4.69, 9.17) is 5.11 Å². The number of aliphatic carboxylic acids is 1. The van der Waals surface area contributed by atoms with Crippen LogP contribution in [-0.2, 0) is 4.79 Å². The lowest BCUT2D eigenvalue weighted by molar-refractivity contribution is -0.143. The van der Waals surface area contributed by atoms with Crippen LogP contribution in [0.2, 0.25) is 0 Å². The summed E-state index contributed by atoms with van der Waals surface area (Å²) in [6, 6.07) is 0. The van der Waals surface area contributed by atoms with Crippen LogP contribution in [0.4, 0.5) is 0 Å². The standard InChI is InChI=1S/C9H18O2.C3H6/c1-4-5-6-8(7(2)3)9(10)11;1-3-2/h7-8H,4-6H2,1-3H3,(H,10,11);3H,1H2,2H3. The van der Waals surface area contributed by atoms with E-state index < -0.39 is 5.97 Å². The molecule has 0 bridgehead atoms. The minimum Gasteiger partial charge on any atom is -0.481 e. The van der Waals surface area contributed by atoms with Crippen molar-refractivity contribution in [2.75, 3.05) is 0 Å². The fourth-order valence-corrected chi connectivity index (χ4v) is 1.17. The Balaban J connectivity index is 0. The first-order chi connectivity index (χ1) is 6.51. The van der Waals surface area contributed by atoms with Crippen molar-refractivity contribution in [3.05, 3.63) is 12.7 Å². The van der Waals surface area contributed by atoms with E-state index in [1.165, 1.54) is 0 Å². The molecule has 0 fully saturated rings. The van der Waals surface area contributed by atoms with Crippen LogP contribution in [-0.4, -0.2) is 11.1 Å². The maximum atomic E-state index is 10.6. The molecule has 14 heavy (non-hydrogen) atoms. The van der Waals surface area contributed by atoms with Gasteiger partial charge >= 0.3 is 5.97 Å². The predicted molar refractivity (Wildman–Crippen MR) is 61.4 cm³/mol. The van der Waals surface area contributed by atoms with Gasteiger partial charge < -0.3 is 5.11 Å². The first-order valence-electron chi connectivity index (χ1n) is 5.31. The van der Waals surface area contributed by atoms with Gasteiger partial charge in [-0.05, 0) is 19.3 Å². The monoisotopic (exact) mass is 200 g/mol. The van der Waals surface area contributed by atoms with Gasteiger partial charge in [0.05, 0.1) is 5.92 Å². The van der Waals surface area contributed by atoms with Crippen molar-refractivity contribution in [2.45, 2.75) is 47.0 Å². The minimum atomic E-state index is -0.645. The normalized spacial score (nSPS) is 11.5. The summed E-state index contributed by atoms with van der Waals surface area (Å²) in [5.74, 6) is -0.526. The van der Waals surface area contributed by atoms with Crippen LogP contribution in [0, 0.1) is 11.8 Å². The summed E-state index contributed by atoms with van der Waals surface area (Å²) in [6.45, 7) is 11.3. The van der Waals surface area contributed by atoms with E-state index in [-0.39, 0.29) is 11.8 Å². The maximum Gasteiger partial charge on any atom is 0.306 e. The van der Waals surface area contributed by atoms with Crippen LogP contribution in [0.5, 0.6) is 0 Å². The second-order valence-electron chi connectivity index (χ2n) is 3.74. The Kier molecular flexibility index (Phi) is 11.5. The van der Waals surface area contributed by atoms with E-state index in [0.717, 1.165) is 19.3 Å². The fraction of sp³-hybridized carbons (Fsp3) is 0.750. The third-order valence-corrected chi connectivity index (χ3v) is 1.99. The SMILES string of the molecule is C=CC.CCCCC(C(=O)O)C(C)C. The molecule has 2 nitrogen and oxygen atoms in total. The Hall–Kier alpha value is -0.790. The molecule has 1 atom stereocenters. The van der Waals surface area contributed by atoms with E-state index in [1.807, 2.05) is 20.8 Å². The Morgan fingerprint density at radius 1 is 1.50 bits per heavy atom. The van der Waals surface area contributed by atoms with Gasteiger partial charge in [-0.3, -0.25) is 4.79 Å². The van der Waals surface area contributed by atoms with Crippen molar-refractivity contribution in [3.8, 4) is 0 Å². The average Bonchev–Trinajstić information content (AvgIpc) is 2.05. The Morgan fingerprint density at radius 2 is 1.93 bits per heavy atom. The Labute approximate surface area is 88.0 Å². The maximum absolute atomic E-state index is 10.6. The van der Waals surface area contributed by atoms with Gasteiger partial charge in [-0.15, -0.1) is 6.58 Å². The molecule has 0 aromatic heterocycles. The molecule has 1 N–H and O–H groups in total. The van der Waals surface area contributed by atoms with E-state index in [2.05, 4.69) is 13.5 Å². The first kappa shape index (κ1) is 15.7. The molecule has 0 rings (SSSR count). The summed E-state index contributed by atoms with van der Waals surface area (Å²) in [6.07, 6.45) is 4.68. The Bertz CT molecular complexity index is 150. The topological polar surface area (TPSA) is 37.3 Å². The Morgan fingerprint density at radius 3 is 2.14 bits per heavy atom. The number of hydrogen-bond donors (Lipinski definition) is 1. The van der Waals surface area contributed by atoms with E-state index in [1.54, 1.807) is 6.08 Å². The summed E-state index contributed by atoms with van der Waals surface area (Å²) in [5.41, 5.74) is 0. The van der Waals surface area contributed by atoms with Gasteiger partial charge in [0.1, 0.15) is 0 Å². The smallest absolute Gasteiger partial charge is 0.306 e. The van der Waals surface area contributed by atoms with E-state index in [9.17, 15) is 4.79 Å². The molecule has 1 unspecified atom stereocenters. The molecule has 0 aliphatic rings. The largest absolute Gasteiger partial charge is 0.481 e. The zero-order valence-corrected chi connectivity index (χ0v) is 9.92. The van der Waals surface area contributed by atoms with Crippen LogP contribution >= 0.6 is 0 Å². The molecule has 0 aromatic carbocycles. The predicted octanol–water partition coefficient (Wildman–Crippen LogP) is 3.73. The number of hydrogen-bond acceptors (Lipinski definition) is 1. The van der Waals surface area contributed by atoms with Gasteiger partial charge in [-0.2, -0.15) is 0 Å². The lowest BCUT2D eigenvalue weighted by Gasteiger charge is -2.14. The van der Waals surface area contributed by atoms with Crippen molar-refractivity contribution in [1.29, 1.82) is 0 Å². The highest BCUT2D eigenvalue weighted by Crippen LogP contribution is 2.17. The van der Waals surface area contributed by atoms with E-state index >= 15 is 0 Å². The van der Waals surface area contributed by atoms with Gasteiger partial charge in [0.15, 0.2) is 0 Å². The van der Waals surface area contributed by atoms with Gasteiger partial charge in [-0.1, -0.05) is 39.7 Å². The third kappa shape index (κ3) is 9.30. The molecule has 84 valence electrons. The van der Waals surface area contributed by atoms with Crippen LogP contribution in [0.15, 0.2) is 12.7 Å². The van der Waals surface area contributed by atoms with Gasteiger partial charge in [0, 0.05) is 0 Å². The van der Waals surface area contributed by atoms with Crippen molar-refractivity contribution in [3.63, 3.8) is 0 Å². The van der Waals surface area contributed by atoms with Crippen molar-refractivity contribution >= 4 is 5.97 Å². The highest BCUT2D eigenvalue weighted by Gasteiger charge is 2.19. The summed E-state index contributed by atoms with van der Waals surface area (Å²) >= 11 is 0. The number of allylic oxidation sites excluding steroid dienone is 1. The van der Waals surface area contributed by atoms with Crippen LogP contribution in [0.1, 0.15) is 47.0 Å². The number of unbranched alkanes of at least 4 members (excludes halogenated alkanes) is 1. The quantitative estimate of drug-likeness (QED) is 0.687. The number of carboxylic acids is 1. The molecular formula is C12H24O2. The molecule has 2 heteroatoms. The van der Waals surface area contributed by atoms with Crippen LogP contribution < -0.4 is 0 Å². The molecule has 0 amide bonds. The molecule has 0 saturated carbocycles. The zero-order valence-electron chi connectivity index (χ0n) is 9.92. The molecule has 0 aliphatic carbocycles. The lowest BCUT2D eigenvalue weighted by atomic mass is 9.91. The molecule has 0 spiro atoms. The zero-order chi connectivity index (χ0) is 11.6. The number of rotatable bonds is 5. The van der Waals surface area contributed by atoms with Crippen molar-refractivity contribution < 1.29 is 9.90 Å². The summed E-state index contributed by atoms with van der Waals surface area (Å²) in [5, 5.41) is 8.77. The second-order valence-corrected chi connectivity index (χ2v) is 3.74. The molecule has 0 aromatic rings. The van der Waals surface area contributed by atoms with Gasteiger partial charge in [0.2, 0.25) is 0 Å². The van der Waals surface area contributed by atoms with Crippen LogP contribution in [0.3, 0.4) is 0 Å². The summed E-state index contributed by atoms with van der Waals surface area (Å²) in [7, 11) is 0. The molecule has 0 radical (unpaired) electrons. The third-order valence-electron chi connectivity index (χ3n) is 1.99. The van der Waals surface area contributed by atoms with Crippen molar-refractivity contribution in [1.82, 2.24) is 0 Å². The average molecular weight is 200 g/mol. The molecule has 0 saturated heterocycles. The fourth-order valence-electron chi connectivity index (χ4n) is 1.17. The first-order valence-corrected chi connectivity index (χ1v) is 5.31. The lowest BCUT2D eigenvalue weighted by Crippen LogP contribution is -2.19. The summed E-state index contributed by atoms with van der Waals surface area (Å²) in [4.78, 5) is 10.6. The number of carboxylic acid groups (broad SMARTS) is 1. The highest BCUT2D eigenvalue weighted by atomic mass is 16.4. The number of carbonyl (C=O) groups is 1. The molecule has 0 heterocycles. The van der Waals surface area contributed by atoms with Crippen molar-refractivity contribution in [2.24, 2.45) is 11.8 Å². The van der Waals surface area contributed by atoms with Gasteiger partial charge in [-0.25, -0.2) is 0 Å². The van der Waals surface area contributed by atoms with E-state index in [0.29, 0.717) is 0 Å². The molecular weight excluding hydrogens is 176 g/mol. The van der Waals surface area contributed by atoms with Crippen LogP contribution in [0.25, 0.3) is 0 Å². The highest BCUT2D eigenvalue weighted by molar-refractivity contribution is 5.70.